The normalized spacial score (nSPS) is 22.9. The average Bonchev–Trinajstić information content (AvgIpc) is 2.62. The molecular formula is C15H19BrF2. The van der Waals surface area contributed by atoms with E-state index in [-0.39, 0.29) is 27.3 Å². The van der Waals surface area contributed by atoms with Crippen LogP contribution >= 0.6 is 15.9 Å². The van der Waals surface area contributed by atoms with Gasteiger partial charge in [-0.15, -0.1) is 0 Å². The Morgan fingerprint density at radius 2 is 1.56 bits per heavy atom. The molecule has 1 aromatic rings. The van der Waals surface area contributed by atoms with Crippen LogP contribution in [0.3, 0.4) is 0 Å². The van der Waals surface area contributed by atoms with E-state index >= 15 is 0 Å². The number of hydrogen-bond acceptors (Lipinski definition) is 0. The van der Waals surface area contributed by atoms with E-state index in [1.54, 1.807) is 6.92 Å². The molecule has 2 rings (SSSR count). The summed E-state index contributed by atoms with van der Waals surface area (Å²) >= 11 is 3.57. The molecule has 18 heavy (non-hydrogen) atoms. The van der Waals surface area contributed by atoms with Gasteiger partial charge < -0.3 is 0 Å². The Balaban J connectivity index is 2.37. The summed E-state index contributed by atoms with van der Waals surface area (Å²) in [5.41, 5.74) is 1.05. The van der Waals surface area contributed by atoms with Crippen molar-refractivity contribution in [2.75, 3.05) is 0 Å². The number of halogens is 3. The molecule has 1 unspecified atom stereocenters. The number of benzene rings is 1. The predicted octanol–water partition coefficient (Wildman–Crippen LogP) is 5.39. The highest BCUT2D eigenvalue weighted by atomic mass is 79.9. The summed E-state index contributed by atoms with van der Waals surface area (Å²) in [4.78, 5) is -0.141. The second-order valence-corrected chi connectivity index (χ2v) is 7.43. The molecule has 0 radical (unpaired) electrons. The molecule has 0 spiro atoms. The monoisotopic (exact) mass is 316 g/mol. The molecule has 0 aliphatic heterocycles. The quantitative estimate of drug-likeness (QED) is 0.641. The standard InChI is InChI=1S/C15H19BrF2/c1-8-6-11(18)9(7-10(8)17)12(16)13-14(2,3)15(13,4)5/h6-7,12-13H,1-5H3. The smallest absolute Gasteiger partial charge is 0.128 e. The maximum Gasteiger partial charge on any atom is 0.128 e. The molecule has 1 atom stereocenters. The van der Waals surface area contributed by atoms with Gasteiger partial charge in [-0.1, -0.05) is 43.6 Å². The molecule has 0 N–H and O–H groups in total. The Bertz CT molecular complexity index is 478. The minimum absolute atomic E-state index is 0.134. The maximum absolute atomic E-state index is 14.0. The Kier molecular flexibility index (Phi) is 3.13. The van der Waals surface area contributed by atoms with Crippen LogP contribution in [-0.4, -0.2) is 0 Å². The van der Waals surface area contributed by atoms with Gasteiger partial charge in [-0.2, -0.15) is 0 Å². The Morgan fingerprint density at radius 3 is 2.00 bits per heavy atom. The zero-order chi connectivity index (χ0) is 13.9. The molecule has 1 aliphatic rings. The van der Waals surface area contributed by atoms with Gasteiger partial charge in [0.15, 0.2) is 0 Å². The van der Waals surface area contributed by atoms with E-state index in [2.05, 4.69) is 43.6 Å². The molecule has 0 bridgehead atoms. The molecule has 1 aliphatic carbocycles. The predicted molar refractivity (Wildman–Crippen MR) is 73.8 cm³/mol. The third kappa shape index (κ3) is 1.82. The summed E-state index contributed by atoms with van der Waals surface area (Å²) in [6, 6.07) is 2.61. The van der Waals surface area contributed by atoms with Crippen LogP contribution in [0, 0.1) is 35.3 Å². The lowest BCUT2D eigenvalue weighted by Crippen LogP contribution is -2.03. The Morgan fingerprint density at radius 1 is 1.06 bits per heavy atom. The van der Waals surface area contributed by atoms with Crippen molar-refractivity contribution in [3.63, 3.8) is 0 Å². The first kappa shape index (κ1) is 14.0. The fourth-order valence-electron chi connectivity index (χ4n) is 3.03. The highest BCUT2D eigenvalue weighted by Gasteiger charge is 2.67. The average molecular weight is 317 g/mol. The first-order valence-electron chi connectivity index (χ1n) is 6.20. The fourth-order valence-corrected chi connectivity index (χ4v) is 4.70. The minimum atomic E-state index is -0.341. The van der Waals surface area contributed by atoms with Crippen LogP contribution in [0.25, 0.3) is 0 Å². The Labute approximate surface area is 116 Å². The molecule has 0 nitrogen and oxygen atoms in total. The summed E-state index contributed by atoms with van der Waals surface area (Å²) < 4.78 is 27.6. The van der Waals surface area contributed by atoms with Gasteiger partial charge in [-0.05, 0) is 41.4 Å². The third-order valence-electron chi connectivity index (χ3n) is 5.00. The lowest BCUT2D eigenvalue weighted by molar-refractivity contribution is 0.457. The van der Waals surface area contributed by atoms with Gasteiger partial charge >= 0.3 is 0 Å². The van der Waals surface area contributed by atoms with E-state index in [0.717, 1.165) is 0 Å². The van der Waals surface area contributed by atoms with Gasteiger partial charge in [0.25, 0.3) is 0 Å². The summed E-state index contributed by atoms with van der Waals surface area (Å²) in [6.07, 6.45) is 0. The van der Waals surface area contributed by atoms with Gasteiger partial charge in [0.05, 0.1) is 0 Å². The van der Waals surface area contributed by atoms with E-state index in [9.17, 15) is 8.78 Å². The van der Waals surface area contributed by atoms with Crippen molar-refractivity contribution in [2.24, 2.45) is 16.7 Å². The maximum atomic E-state index is 14.0. The number of rotatable bonds is 2. The number of aryl methyl sites for hydroxylation is 1. The van der Waals surface area contributed by atoms with Gasteiger partial charge in [0.2, 0.25) is 0 Å². The molecule has 0 saturated heterocycles. The summed E-state index contributed by atoms with van der Waals surface area (Å²) in [6.45, 7) is 10.3. The van der Waals surface area contributed by atoms with Gasteiger partial charge in [-0.25, -0.2) is 8.78 Å². The fraction of sp³-hybridized carbons (Fsp3) is 0.600. The van der Waals surface area contributed by atoms with E-state index in [1.165, 1.54) is 12.1 Å². The summed E-state index contributed by atoms with van der Waals surface area (Å²) in [5, 5.41) is 0. The lowest BCUT2D eigenvalue weighted by atomic mass is 10.0. The van der Waals surface area contributed by atoms with Crippen molar-refractivity contribution in [2.45, 2.75) is 39.4 Å². The zero-order valence-corrected chi connectivity index (χ0v) is 13.0. The molecule has 1 saturated carbocycles. The summed E-state index contributed by atoms with van der Waals surface area (Å²) in [7, 11) is 0. The largest absolute Gasteiger partial charge is 0.207 e. The highest BCUT2D eigenvalue weighted by molar-refractivity contribution is 9.09. The minimum Gasteiger partial charge on any atom is -0.207 e. The molecular weight excluding hydrogens is 298 g/mol. The molecule has 0 amide bonds. The van der Waals surface area contributed by atoms with Crippen LogP contribution in [0.2, 0.25) is 0 Å². The van der Waals surface area contributed by atoms with Gasteiger partial charge in [-0.3, -0.25) is 0 Å². The van der Waals surface area contributed by atoms with Gasteiger partial charge in [0, 0.05) is 10.4 Å². The lowest BCUT2D eigenvalue weighted by Gasteiger charge is -2.14. The van der Waals surface area contributed by atoms with Crippen LogP contribution in [0.1, 0.15) is 43.6 Å². The molecule has 0 aromatic heterocycles. The SMILES string of the molecule is Cc1cc(F)c(C(Br)C2C(C)(C)C2(C)C)cc1F. The van der Waals surface area contributed by atoms with Crippen LogP contribution in [0.5, 0.6) is 0 Å². The first-order valence-corrected chi connectivity index (χ1v) is 7.12. The van der Waals surface area contributed by atoms with Crippen LogP contribution in [0.4, 0.5) is 8.78 Å². The topological polar surface area (TPSA) is 0 Å². The first-order chi connectivity index (χ1) is 8.10. The molecule has 1 aromatic carbocycles. The number of hydrogen-bond donors (Lipinski definition) is 0. The van der Waals surface area contributed by atoms with Gasteiger partial charge in [0.1, 0.15) is 11.6 Å². The molecule has 3 heteroatoms. The van der Waals surface area contributed by atoms with E-state index in [0.29, 0.717) is 17.0 Å². The van der Waals surface area contributed by atoms with Crippen LogP contribution < -0.4 is 0 Å². The second-order valence-electron chi connectivity index (χ2n) is 6.45. The molecule has 0 heterocycles. The molecule has 100 valence electrons. The Hall–Kier alpha value is -0.440. The summed E-state index contributed by atoms with van der Waals surface area (Å²) in [5.74, 6) is -0.358. The van der Waals surface area contributed by atoms with E-state index < -0.39 is 0 Å². The third-order valence-corrected chi connectivity index (χ3v) is 6.02. The number of alkyl halides is 1. The van der Waals surface area contributed by atoms with Crippen molar-refractivity contribution in [1.82, 2.24) is 0 Å². The highest BCUT2D eigenvalue weighted by Crippen LogP contribution is 2.74. The van der Waals surface area contributed by atoms with Crippen molar-refractivity contribution in [3.05, 3.63) is 34.9 Å². The second kappa shape index (κ2) is 4.03. The zero-order valence-electron chi connectivity index (χ0n) is 11.4. The van der Waals surface area contributed by atoms with Crippen LogP contribution in [0.15, 0.2) is 12.1 Å². The van der Waals surface area contributed by atoms with Crippen molar-refractivity contribution in [1.29, 1.82) is 0 Å². The van der Waals surface area contributed by atoms with E-state index in [1.807, 2.05) is 0 Å². The van der Waals surface area contributed by atoms with Crippen molar-refractivity contribution >= 4 is 15.9 Å². The van der Waals surface area contributed by atoms with Crippen molar-refractivity contribution in [3.8, 4) is 0 Å². The van der Waals surface area contributed by atoms with Crippen molar-refractivity contribution < 1.29 is 8.78 Å². The van der Waals surface area contributed by atoms with E-state index in [4.69, 9.17) is 0 Å². The van der Waals surface area contributed by atoms with Crippen LogP contribution in [-0.2, 0) is 0 Å². The molecule has 1 fully saturated rings.